The zero-order valence-corrected chi connectivity index (χ0v) is 14.9. The summed E-state index contributed by atoms with van der Waals surface area (Å²) >= 11 is 0. The number of aryl methyl sites for hydroxylation is 1. The number of piperidine rings is 1. The summed E-state index contributed by atoms with van der Waals surface area (Å²) in [5.74, 6) is -0.488. The van der Waals surface area contributed by atoms with Crippen molar-refractivity contribution >= 4 is 23.3 Å². The second-order valence-electron chi connectivity index (χ2n) is 7.01. The molecule has 2 aliphatic rings. The molecule has 0 radical (unpaired) electrons. The molecule has 1 aromatic rings. The van der Waals surface area contributed by atoms with Crippen molar-refractivity contribution in [3.63, 3.8) is 0 Å². The van der Waals surface area contributed by atoms with Crippen molar-refractivity contribution in [3.8, 4) is 0 Å². The summed E-state index contributed by atoms with van der Waals surface area (Å²) in [5.41, 5.74) is 0.945. The molecule has 2 heterocycles. The number of likely N-dealkylation sites (tertiary alicyclic amines) is 2. The van der Waals surface area contributed by atoms with E-state index >= 15 is 0 Å². The van der Waals surface area contributed by atoms with E-state index < -0.39 is 4.92 Å². The number of anilines is 1. The Hall–Kier alpha value is -2.64. The van der Waals surface area contributed by atoms with Crippen LogP contribution in [0.3, 0.4) is 0 Å². The Morgan fingerprint density at radius 3 is 2.54 bits per heavy atom. The van der Waals surface area contributed by atoms with Crippen LogP contribution in [0.4, 0.5) is 16.2 Å². The Kier molecular flexibility index (Phi) is 5.39. The average molecular weight is 360 g/mol. The predicted octanol–water partition coefficient (Wildman–Crippen LogP) is 2.77. The van der Waals surface area contributed by atoms with E-state index in [9.17, 15) is 19.7 Å². The Morgan fingerprint density at radius 1 is 1.15 bits per heavy atom. The van der Waals surface area contributed by atoms with E-state index in [0.29, 0.717) is 30.8 Å². The fourth-order valence-corrected chi connectivity index (χ4v) is 3.60. The van der Waals surface area contributed by atoms with Crippen LogP contribution in [0.2, 0.25) is 0 Å². The van der Waals surface area contributed by atoms with Crippen molar-refractivity contribution in [1.29, 1.82) is 0 Å². The number of carbonyl (C=O) groups excluding carboxylic acids is 2. The summed E-state index contributed by atoms with van der Waals surface area (Å²) in [5, 5.41) is 13.8. The average Bonchev–Trinajstić information content (AvgIpc) is 3.17. The van der Waals surface area contributed by atoms with Crippen molar-refractivity contribution in [3.05, 3.63) is 33.9 Å². The highest BCUT2D eigenvalue weighted by molar-refractivity contribution is 5.93. The largest absolute Gasteiger partial charge is 0.326 e. The summed E-state index contributed by atoms with van der Waals surface area (Å²) in [7, 11) is 0. The molecular formula is C18H24N4O4. The summed E-state index contributed by atoms with van der Waals surface area (Å²) in [6.07, 6.45) is 3.57. The quantitative estimate of drug-likeness (QED) is 0.662. The molecule has 2 saturated heterocycles. The van der Waals surface area contributed by atoms with Crippen molar-refractivity contribution in [1.82, 2.24) is 9.80 Å². The first-order valence-corrected chi connectivity index (χ1v) is 9.05. The van der Waals surface area contributed by atoms with Crippen LogP contribution in [0.1, 0.15) is 31.2 Å². The van der Waals surface area contributed by atoms with Crippen LogP contribution in [-0.2, 0) is 4.79 Å². The zero-order chi connectivity index (χ0) is 18.7. The van der Waals surface area contributed by atoms with Gasteiger partial charge in [-0.15, -0.1) is 0 Å². The van der Waals surface area contributed by atoms with Gasteiger partial charge in [-0.05, 0) is 38.7 Å². The van der Waals surface area contributed by atoms with Crippen LogP contribution < -0.4 is 5.32 Å². The van der Waals surface area contributed by atoms with Crippen LogP contribution >= 0.6 is 0 Å². The van der Waals surface area contributed by atoms with E-state index in [4.69, 9.17) is 0 Å². The summed E-state index contributed by atoms with van der Waals surface area (Å²) in [6.45, 7) is 4.31. The fraction of sp³-hybridized carbons (Fsp3) is 0.556. The lowest BCUT2D eigenvalue weighted by Crippen LogP contribution is -2.48. The third-order valence-electron chi connectivity index (χ3n) is 5.11. The second kappa shape index (κ2) is 7.72. The van der Waals surface area contributed by atoms with Gasteiger partial charge in [0, 0.05) is 43.5 Å². The number of nitrogens with one attached hydrogen (secondary N) is 1. The van der Waals surface area contributed by atoms with Crippen molar-refractivity contribution < 1.29 is 14.5 Å². The molecule has 0 saturated carbocycles. The molecule has 2 aliphatic heterocycles. The van der Waals surface area contributed by atoms with Crippen LogP contribution in [-0.4, -0.2) is 52.8 Å². The molecule has 0 bridgehead atoms. The molecular weight excluding hydrogens is 336 g/mol. The van der Waals surface area contributed by atoms with Gasteiger partial charge in [0.25, 0.3) is 5.69 Å². The second-order valence-corrected chi connectivity index (χ2v) is 7.01. The minimum Gasteiger partial charge on any atom is -0.326 e. The topological polar surface area (TPSA) is 95.8 Å². The molecule has 2 fully saturated rings. The van der Waals surface area contributed by atoms with E-state index in [2.05, 4.69) is 5.32 Å². The SMILES string of the molecule is Cc1ccc(NC(=O)[C@H]2CCCN(C(=O)N3CCCC3)C2)cc1[N+](=O)[O-]. The van der Waals surface area contributed by atoms with Crippen molar-refractivity contribution in [2.45, 2.75) is 32.6 Å². The lowest BCUT2D eigenvalue weighted by molar-refractivity contribution is -0.385. The molecule has 140 valence electrons. The first-order chi connectivity index (χ1) is 12.5. The smallest absolute Gasteiger partial charge is 0.320 e. The van der Waals surface area contributed by atoms with Gasteiger partial charge in [0.1, 0.15) is 0 Å². The fourth-order valence-electron chi connectivity index (χ4n) is 3.60. The van der Waals surface area contributed by atoms with Gasteiger partial charge in [-0.25, -0.2) is 4.79 Å². The zero-order valence-electron chi connectivity index (χ0n) is 14.9. The number of rotatable bonds is 3. The van der Waals surface area contributed by atoms with Crippen LogP contribution in [0, 0.1) is 23.0 Å². The molecule has 26 heavy (non-hydrogen) atoms. The number of amides is 3. The maximum atomic E-state index is 12.6. The highest BCUT2D eigenvalue weighted by Gasteiger charge is 2.31. The molecule has 8 nitrogen and oxygen atoms in total. The molecule has 0 aliphatic carbocycles. The molecule has 0 spiro atoms. The molecule has 1 N–H and O–H groups in total. The summed E-state index contributed by atoms with van der Waals surface area (Å²) in [4.78, 5) is 39.3. The van der Waals surface area contributed by atoms with Gasteiger partial charge in [0.05, 0.1) is 10.8 Å². The predicted molar refractivity (Wildman–Crippen MR) is 97.0 cm³/mol. The molecule has 1 aromatic carbocycles. The van der Waals surface area contributed by atoms with Gasteiger partial charge in [-0.2, -0.15) is 0 Å². The Balaban J connectivity index is 1.63. The normalized spacial score (nSPS) is 20.1. The highest BCUT2D eigenvalue weighted by Crippen LogP contribution is 2.25. The van der Waals surface area contributed by atoms with Gasteiger partial charge in [0.15, 0.2) is 0 Å². The number of carbonyl (C=O) groups is 2. The number of benzene rings is 1. The van der Waals surface area contributed by atoms with Gasteiger partial charge in [-0.3, -0.25) is 14.9 Å². The highest BCUT2D eigenvalue weighted by atomic mass is 16.6. The minimum atomic E-state index is -0.456. The molecule has 0 unspecified atom stereocenters. The summed E-state index contributed by atoms with van der Waals surface area (Å²) < 4.78 is 0. The van der Waals surface area contributed by atoms with E-state index in [1.54, 1.807) is 24.0 Å². The number of nitro benzene ring substituents is 1. The molecule has 8 heteroatoms. The minimum absolute atomic E-state index is 0.0164. The van der Waals surface area contributed by atoms with Crippen LogP contribution in [0.5, 0.6) is 0 Å². The first kappa shape index (κ1) is 18.2. The van der Waals surface area contributed by atoms with Gasteiger partial charge in [0.2, 0.25) is 5.91 Å². The van der Waals surface area contributed by atoms with Gasteiger partial charge >= 0.3 is 6.03 Å². The van der Waals surface area contributed by atoms with E-state index in [1.165, 1.54) is 6.07 Å². The standard InChI is InChI=1S/C18H24N4O4/c1-13-6-7-15(11-16(13)22(25)26)19-17(23)14-5-4-10-21(12-14)18(24)20-8-2-3-9-20/h6-7,11,14H,2-5,8-10,12H2,1H3,(H,19,23)/t14-/m0/s1. The lowest BCUT2D eigenvalue weighted by Gasteiger charge is -2.34. The Bertz CT molecular complexity index is 715. The van der Waals surface area contributed by atoms with Crippen molar-refractivity contribution in [2.75, 3.05) is 31.5 Å². The monoisotopic (exact) mass is 360 g/mol. The molecule has 1 atom stereocenters. The number of nitro groups is 1. The number of urea groups is 1. The summed E-state index contributed by atoms with van der Waals surface area (Å²) in [6, 6.07) is 4.68. The molecule has 3 amide bonds. The molecule has 3 rings (SSSR count). The Labute approximate surface area is 152 Å². The number of hydrogen-bond donors (Lipinski definition) is 1. The van der Waals surface area contributed by atoms with E-state index in [-0.39, 0.29) is 23.5 Å². The number of nitrogens with zero attached hydrogens (tertiary/aromatic N) is 3. The molecule has 0 aromatic heterocycles. The van der Waals surface area contributed by atoms with E-state index in [0.717, 1.165) is 32.4 Å². The third kappa shape index (κ3) is 3.95. The van der Waals surface area contributed by atoms with Crippen LogP contribution in [0.25, 0.3) is 0 Å². The maximum absolute atomic E-state index is 12.6. The number of hydrogen-bond acceptors (Lipinski definition) is 4. The Morgan fingerprint density at radius 2 is 1.85 bits per heavy atom. The van der Waals surface area contributed by atoms with Crippen molar-refractivity contribution in [2.24, 2.45) is 5.92 Å². The lowest BCUT2D eigenvalue weighted by atomic mass is 9.97. The van der Waals surface area contributed by atoms with Gasteiger partial charge < -0.3 is 15.1 Å². The van der Waals surface area contributed by atoms with E-state index in [1.807, 2.05) is 4.90 Å². The first-order valence-electron chi connectivity index (χ1n) is 9.05. The van der Waals surface area contributed by atoms with Gasteiger partial charge in [-0.1, -0.05) is 6.07 Å². The third-order valence-corrected chi connectivity index (χ3v) is 5.11. The van der Waals surface area contributed by atoms with Crippen LogP contribution in [0.15, 0.2) is 18.2 Å². The maximum Gasteiger partial charge on any atom is 0.320 e.